The lowest BCUT2D eigenvalue weighted by atomic mass is 10.0. The number of hydrogen-bond donors (Lipinski definition) is 2. The van der Waals surface area contributed by atoms with E-state index in [-0.39, 0.29) is 24.0 Å². The fraction of sp³-hybridized carbons (Fsp3) is 0.650. The summed E-state index contributed by atoms with van der Waals surface area (Å²) >= 11 is 0. The van der Waals surface area contributed by atoms with Crippen LogP contribution in [0.5, 0.6) is 0 Å². The van der Waals surface area contributed by atoms with Crippen LogP contribution in [-0.2, 0) is 15.9 Å². The number of benzene rings is 1. The summed E-state index contributed by atoms with van der Waals surface area (Å²) in [5.41, 5.74) is 0.361. The van der Waals surface area contributed by atoms with Crippen LogP contribution in [-0.4, -0.2) is 52.0 Å². The first kappa shape index (κ1) is 25.0. The van der Waals surface area contributed by atoms with E-state index in [1.165, 1.54) is 6.07 Å². The third-order valence-corrected chi connectivity index (χ3v) is 4.47. The van der Waals surface area contributed by atoms with Crippen LogP contribution >= 0.6 is 24.0 Å². The second-order valence-electron chi connectivity index (χ2n) is 6.63. The van der Waals surface area contributed by atoms with Gasteiger partial charge in [-0.25, -0.2) is 8.78 Å². The SMILES string of the molecule is CCNC(=NCCCOCC1CCOCC1)NCCc1cccc(F)c1F.I. The van der Waals surface area contributed by atoms with Gasteiger partial charge < -0.3 is 20.1 Å². The molecule has 2 N–H and O–H groups in total. The standard InChI is InChI=1S/C20H31F2N3O2.HI/c1-2-23-20(25-11-7-17-5-3-6-18(21)19(17)22)24-10-4-12-27-15-16-8-13-26-14-9-16;/h3,5-6,16H,2,4,7-15H2,1H3,(H2,23,24,25);1H. The van der Waals surface area contributed by atoms with Crippen molar-refractivity contribution in [1.82, 2.24) is 10.6 Å². The highest BCUT2D eigenvalue weighted by Gasteiger charge is 2.13. The van der Waals surface area contributed by atoms with Gasteiger partial charge in [0.15, 0.2) is 17.6 Å². The first-order valence-corrected chi connectivity index (χ1v) is 9.81. The number of aliphatic imine (C=N–C) groups is 1. The van der Waals surface area contributed by atoms with Gasteiger partial charge in [0.05, 0.1) is 0 Å². The Balaban J connectivity index is 0.00000392. The molecule has 1 heterocycles. The van der Waals surface area contributed by atoms with Gasteiger partial charge in [0.25, 0.3) is 0 Å². The molecule has 1 aliphatic heterocycles. The summed E-state index contributed by atoms with van der Waals surface area (Å²) in [5, 5.41) is 6.31. The molecule has 1 saturated heterocycles. The lowest BCUT2D eigenvalue weighted by Gasteiger charge is -2.21. The van der Waals surface area contributed by atoms with Gasteiger partial charge in [-0.15, -0.1) is 24.0 Å². The molecule has 1 aromatic carbocycles. The minimum atomic E-state index is -0.811. The summed E-state index contributed by atoms with van der Waals surface area (Å²) < 4.78 is 38.0. The van der Waals surface area contributed by atoms with Gasteiger partial charge in [-0.3, -0.25) is 4.99 Å². The van der Waals surface area contributed by atoms with E-state index in [0.29, 0.717) is 43.6 Å². The van der Waals surface area contributed by atoms with E-state index >= 15 is 0 Å². The van der Waals surface area contributed by atoms with E-state index in [2.05, 4.69) is 15.6 Å². The van der Waals surface area contributed by atoms with E-state index in [4.69, 9.17) is 9.47 Å². The third-order valence-electron chi connectivity index (χ3n) is 4.47. The minimum Gasteiger partial charge on any atom is -0.381 e. The van der Waals surface area contributed by atoms with Gasteiger partial charge in [0, 0.05) is 46.1 Å². The molecule has 1 aromatic rings. The molecule has 160 valence electrons. The van der Waals surface area contributed by atoms with Gasteiger partial charge in [-0.1, -0.05) is 12.1 Å². The summed E-state index contributed by atoms with van der Waals surface area (Å²) in [4.78, 5) is 4.50. The lowest BCUT2D eigenvalue weighted by molar-refractivity contribution is 0.0205. The molecule has 5 nitrogen and oxygen atoms in total. The second-order valence-corrected chi connectivity index (χ2v) is 6.63. The molecule has 0 atom stereocenters. The maximum absolute atomic E-state index is 13.7. The summed E-state index contributed by atoms with van der Waals surface area (Å²) in [6.45, 7) is 7.02. The Kier molecular flexibility index (Phi) is 13.3. The predicted molar refractivity (Wildman–Crippen MR) is 118 cm³/mol. The molecule has 0 aliphatic carbocycles. The molecule has 0 radical (unpaired) electrons. The Morgan fingerprint density at radius 1 is 1.25 bits per heavy atom. The Morgan fingerprint density at radius 2 is 2.04 bits per heavy atom. The largest absolute Gasteiger partial charge is 0.381 e. The van der Waals surface area contributed by atoms with Gasteiger partial charge >= 0.3 is 0 Å². The van der Waals surface area contributed by atoms with E-state index < -0.39 is 11.6 Å². The highest BCUT2D eigenvalue weighted by Crippen LogP contribution is 2.14. The maximum Gasteiger partial charge on any atom is 0.191 e. The maximum atomic E-state index is 13.7. The fourth-order valence-electron chi connectivity index (χ4n) is 2.92. The second kappa shape index (κ2) is 14.9. The number of nitrogens with one attached hydrogen (secondary N) is 2. The average Bonchev–Trinajstić information content (AvgIpc) is 2.68. The smallest absolute Gasteiger partial charge is 0.191 e. The molecule has 0 aromatic heterocycles. The van der Waals surface area contributed by atoms with E-state index in [9.17, 15) is 8.78 Å². The highest BCUT2D eigenvalue weighted by atomic mass is 127. The summed E-state index contributed by atoms with van der Waals surface area (Å²) in [6, 6.07) is 4.25. The molecule has 0 amide bonds. The van der Waals surface area contributed by atoms with Gasteiger partial charge in [0.2, 0.25) is 0 Å². The van der Waals surface area contributed by atoms with Gasteiger partial charge in [-0.2, -0.15) is 0 Å². The normalized spacial score (nSPS) is 15.2. The van der Waals surface area contributed by atoms with Crippen LogP contribution in [0, 0.1) is 17.6 Å². The van der Waals surface area contributed by atoms with Crippen LogP contribution in [0.1, 0.15) is 31.7 Å². The van der Waals surface area contributed by atoms with Crippen molar-refractivity contribution in [3.05, 3.63) is 35.4 Å². The van der Waals surface area contributed by atoms with Crippen LogP contribution < -0.4 is 10.6 Å². The van der Waals surface area contributed by atoms with Crippen molar-refractivity contribution in [1.29, 1.82) is 0 Å². The molecule has 2 rings (SSSR count). The summed E-state index contributed by atoms with van der Waals surface area (Å²) in [6.07, 6.45) is 3.40. The van der Waals surface area contributed by atoms with E-state index in [1.807, 2.05) is 6.92 Å². The molecule has 1 aliphatic rings. The van der Waals surface area contributed by atoms with Crippen LogP contribution in [0.2, 0.25) is 0 Å². The predicted octanol–water partition coefficient (Wildman–Crippen LogP) is 3.51. The number of guanidine groups is 1. The monoisotopic (exact) mass is 511 g/mol. The topological polar surface area (TPSA) is 54.9 Å². The van der Waals surface area contributed by atoms with Gasteiger partial charge in [-0.05, 0) is 50.2 Å². The van der Waals surface area contributed by atoms with Crippen molar-refractivity contribution in [3.8, 4) is 0 Å². The molecule has 0 saturated carbocycles. The Labute approximate surface area is 183 Å². The number of halogens is 3. The first-order valence-electron chi connectivity index (χ1n) is 9.81. The number of ether oxygens (including phenoxy) is 2. The summed E-state index contributed by atoms with van der Waals surface area (Å²) in [7, 11) is 0. The number of nitrogens with zero attached hydrogens (tertiary/aromatic N) is 1. The Bertz CT molecular complexity index is 585. The molecule has 0 bridgehead atoms. The Hall–Kier alpha value is -1.00. The zero-order valence-corrected chi connectivity index (χ0v) is 18.8. The summed E-state index contributed by atoms with van der Waals surface area (Å²) in [5.74, 6) is -0.292. The van der Waals surface area contributed by atoms with Crippen LogP contribution in [0.15, 0.2) is 23.2 Å². The van der Waals surface area contributed by atoms with Gasteiger partial charge in [0.1, 0.15) is 0 Å². The molecule has 28 heavy (non-hydrogen) atoms. The number of rotatable bonds is 10. The molecular weight excluding hydrogens is 479 g/mol. The molecule has 0 spiro atoms. The molecule has 1 fully saturated rings. The lowest BCUT2D eigenvalue weighted by Crippen LogP contribution is -2.38. The fourth-order valence-corrected chi connectivity index (χ4v) is 2.92. The van der Waals surface area contributed by atoms with Crippen LogP contribution in [0.25, 0.3) is 0 Å². The quantitative estimate of drug-likeness (QED) is 0.219. The number of hydrogen-bond acceptors (Lipinski definition) is 3. The van der Waals surface area contributed by atoms with E-state index in [1.54, 1.807) is 6.07 Å². The van der Waals surface area contributed by atoms with Crippen molar-refractivity contribution in [2.75, 3.05) is 46.1 Å². The molecular formula is C20H32F2IN3O2. The van der Waals surface area contributed by atoms with Crippen molar-refractivity contribution < 1.29 is 18.3 Å². The zero-order chi connectivity index (χ0) is 19.3. The zero-order valence-electron chi connectivity index (χ0n) is 16.5. The average molecular weight is 511 g/mol. The van der Waals surface area contributed by atoms with Crippen LogP contribution in [0.3, 0.4) is 0 Å². The molecule has 8 heteroatoms. The highest BCUT2D eigenvalue weighted by molar-refractivity contribution is 14.0. The van der Waals surface area contributed by atoms with Crippen molar-refractivity contribution in [2.45, 2.75) is 32.6 Å². The van der Waals surface area contributed by atoms with Crippen molar-refractivity contribution in [3.63, 3.8) is 0 Å². The van der Waals surface area contributed by atoms with Crippen molar-refractivity contribution >= 4 is 29.9 Å². The van der Waals surface area contributed by atoms with Crippen LogP contribution in [0.4, 0.5) is 8.78 Å². The third kappa shape index (κ3) is 9.47. The minimum absolute atomic E-state index is 0. The first-order chi connectivity index (χ1) is 13.2. The molecule has 0 unspecified atom stereocenters. The van der Waals surface area contributed by atoms with Crippen molar-refractivity contribution in [2.24, 2.45) is 10.9 Å². The van der Waals surface area contributed by atoms with E-state index in [0.717, 1.165) is 51.7 Å². The Morgan fingerprint density at radius 3 is 2.79 bits per heavy atom.